The van der Waals surface area contributed by atoms with Crippen LogP contribution in [0, 0.1) is 20.2 Å². The number of benzene rings is 1. The predicted octanol–water partition coefficient (Wildman–Crippen LogP) is 4.30. The minimum Gasteiger partial charge on any atom is -0.374 e. The average molecular weight is 335 g/mol. The van der Waals surface area contributed by atoms with Crippen LogP contribution in [0.4, 0.5) is 30.2 Å². The summed E-state index contributed by atoms with van der Waals surface area (Å²) in [6.07, 6.45) is -4.27. The van der Waals surface area contributed by atoms with Crippen LogP contribution in [0.1, 0.15) is 37.8 Å². The molecule has 7 nitrogen and oxygen atoms in total. The molecule has 1 rings (SSSR count). The number of anilines is 1. The van der Waals surface area contributed by atoms with Crippen LogP contribution in [0.3, 0.4) is 0 Å². The Kier molecular flexibility index (Phi) is 5.88. The third-order valence-electron chi connectivity index (χ3n) is 3.20. The van der Waals surface area contributed by atoms with Crippen LogP contribution in [-0.2, 0) is 12.6 Å². The summed E-state index contributed by atoms with van der Waals surface area (Å²) in [5, 5.41) is 24.8. The number of unbranched alkanes of at least 4 members (excludes halogenated alkanes) is 1. The van der Waals surface area contributed by atoms with E-state index >= 15 is 0 Å². The van der Waals surface area contributed by atoms with Crippen LogP contribution in [0.25, 0.3) is 0 Å². The summed E-state index contributed by atoms with van der Waals surface area (Å²) >= 11 is 0. The van der Waals surface area contributed by atoms with E-state index in [1.54, 1.807) is 6.92 Å². The van der Waals surface area contributed by atoms with Gasteiger partial charge >= 0.3 is 11.9 Å². The smallest absolute Gasteiger partial charge is 0.374 e. The van der Waals surface area contributed by atoms with E-state index in [4.69, 9.17) is 0 Å². The number of nitro groups is 2. The van der Waals surface area contributed by atoms with Crippen molar-refractivity contribution in [3.8, 4) is 0 Å². The summed E-state index contributed by atoms with van der Waals surface area (Å²) in [5.41, 5.74) is -4.16. The number of hydrogen-bond acceptors (Lipinski definition) is 5. The van der Waals surface area contributed by atoms with E-state index in [2.05, 4.69) is 5.32 Å². The highest BCUT2D eigenvalue weighted by molar-refractivity contribution is 5.78. The van der Waals surface area contributed by atoms with Crippen molar-refractivity contribution >= 4 is 17.1 Å². The summed E-state index contributed by atoms with van der Waals surface area (Å²) in [5.74, 6) is 0. The molecule has 10 heteroatoms. The average Bonchev–Trinajstić information content (AvgIpc) is 2.42. The molecule has 128 valence electrons. The lowest BCUT2D eigenvalue weighted by Gasteiger charge is -2.16. The first-order chi connectivity index (χ1) is 10.6. The van der Waals surface area contributed by atoms with Gasteiger partial charge in [0, 0.05) is 18.2 Å². The van der Waals surface area contributed by atoms with Crippen molar-refractivity contribution in [3.63, 3.8) is 0 Å². The molecule has 0 aliphatic heterocycles. The molecule has 0 fully saturated rings. The van der Waals surface area contributed by atoms with Crippen LogP contribution < -0.4 is 5.32 Å². The van der Waals surface area contributed by atoms with Gasteiger partial charge in [-0.3, -0.25) is 20.2 Å². The van der Waals surface area contributed by atoms with Gasteiger partial charge in [-0.05, 0) is 19.8 Å². The molecule has 0 aliphatic carbocycles. The van der Waals surface area contributed by atoms with Crippen molar-refractivity contribution in [2.45, 2.75) is 39.3 Å². The first-order valence-corrected chi connectivity index (χ1v) is 6.94. The molecule has 1 aromatic carbocycles. The van der Waals surface area contributed by atoms with Crippen molar-refractivity contribution < 1.29 is 23.0 Å². The number of rotatable bonds is 7. The van der Waals surface area contributed by atoms with Gasteiger partial charge in [0.25, 0.3) is 5.69 Å². The van der Waals surface area contributed by atoms with Crippen molar-refractivity contribution in [3.05, 3.63) is 37.4 Å². The zero-order valence-corrected chi connectivity index (χ0v) is 12.6. The second kappa shape index (κ2) is 7.25. The topological polar surface area (TPSA) is 98.3 Å². The van der Waals surface area contributed by atoms with Crippen LogP contribution >= 0.6 is 0 Å². The maximum atomic E-state index is 13.2. The zero-order chi connectivity index (χ0) is 17.8. The molecule has 0 saturated carbocycles. The van der Waals surface area contributed by atoms with Crippen LogP contribution in [0.15, 0.2) is 6.07 Å². The fourth-order valence-electron chi connectivity index (χ4n) is 2.25. The second-order valence-electron chi connectivity index (χ2n) is 4.79. The van der Waals surface area contributed by atoms with Gasteiger partial charge in [-0.2, -0.15) is 13.2 Å². The summed E-state index contributed by atoms with van der Waals surface area (Å²) in [6, 6.07) is 0.371. The highest BCUT2D eigenvalue weighted by Gasteiger charge is 2.41. The highest BCUT2D eigenvalue weighted by atomic mass is 19.4. The Morgan fingerprint density at radius 3 is 2.17 bits per heavy atom. The first kappa shape index (κ1) is 18.7. The Bertz CT molecular complexity index is 617. The predicted molar refractivity (Wildman–Crippen MR) is 77.5 cm³/mol. The number of nitrogens with one attached hydrogen (secondary N) is 1. The van der Waals surface area contributed by atoms with Gasteiger partial charge in [-0.15, -0.1) is 0 Å². The fraction of sp³-hybridized carbons (Fsp3) is 0.538. The van der Waals surface area contributed by atoms with Gasteiger partial charge in [-0.25, -0.2) is 0 Å². The molecule has 0 saturated heterocycles. The van der Waals surface area contributed by atoms with Crippen molar-refractivity contribution in [1.29, 1.82) is 0 Å². The van der Waals surface area contributed by atoms with Crippen molar-refractivity contribution in [1.82, 2.24) is 0 Å². The normalized spacial score (nSPS) is 11.3. The first-order valence-electron chi connectivity index (χ1n) is 6.94. The third kappa shape index (κ3) is 4.08. The Labute approximate surface area is 129 Å². The number of hydrogen-bond donors (Lipinski definition) is 1. The second-order valence-corrected chi connectivity index (χ2v) is 4.79. The molecule has 0 amide bonds. The lowest BCUT2D eigenvalue weighted by molar-refractivity contribution is -0.393. The van der Waals surface area contributed by atoms with E-state index in [0.717, 1.165) is 0 Å². The molecule has 0 unspecified atom stereocenters. The summed E-state index contributed by atoms with van der Waals surface area (Å²) in [4.78, 5) is 20.3. The number of nitrogens with zero attached hydrogens (tertiary/aromatic N) is 2. The molecule has 0 spiro atoms. The van der Waals surface area contributed by atoms with Crippen LogP contribution in [0.2, 0.25) is 0 Å². The third-order valence-corrected chi connectivity index (χ3v) is 3.20. The van der Waals surface area contributed by atoms with Crippen LogP contribution in [0.5, 0.6) is 0 Å². The van der Waals surface area contributed by atoms with Crippen molar-refractivity contribution in [2.75, 3.05) is 11.9 Å². The molecule has 0 bridgehead atoms. The van der Waals surface area contributed by atoms with Gasteiger partial charge in [0.1, 0.15) is 0 Å². The fourth-order valence-corrected chi connectivity index (χ4v) is 2.25. The molecule has 0 aliphatic rings. The van der Waals surface area contributed by atoms with Gasteiger partial charge in [0.15, 0.2) is 5.69 Å². The minimum atomic E-state index is -4.91. The number of alkyl halides is 3. The molecular formula is C13H16F3N3O4. The molecule has 1 N–H and O–H groups in total. The van der Waals surface area contributed by atoms with Gasteiger partial charge in [-0.1, -0.05) is 13.3 Å². The molecule has 0 atom stereocenters. The lowest BCUT2D eigenvalue weighted by atomic mass is 9.97. The van der Waals surface area contributed by atoms with E-state index < -0.39 is 44.2 Å². The van der Waals surface area contributed by atoms with Gasteiger partial charge in [0.05, 0.1) is 15.4 Å². The maximum absolute atomic E-state index is 13.2. The molecule has 0 aromatic heterocycles. The zero-order valence-electron chi connectivity index (χ0n) is 12.6. The van der Waals surface area contributed by atoms with Crippen LogP contribution in [-0.4, -0.2) is 16.4 Å². The van der Waals surface area contributed by atoms with Gasteiger partial charge < -0.3 is 5.32 Å². The van der Waals surface area contributed by atoms with Crippen molar-refractivity contribution in [2.24, 2.45) is 0 Å². The summed E-state index contributed by atoms with van der Waals surface area (Å²) in [6.45, 7) is 3.37. The maximum Gasteiger partial charge on any atom is 0.417 e. The van der Waals surface area contributed by atoms with E-state index in [1.165, 1.54) is 6.92 Å². The standard InChI is InChI=1S/C13H16F3N3O4/c1-3-5-6-8-9(13(14,15)16)7-10(18(20)21)11(17-4-2)12(8)19(22)23/h7,17H,3-6H2,1-2H3. The highest BCUT2D eigenvalue weighted by Crippen LogP contribution is 2.45. The number of nitro benzene ring substituents is 2. The summed E-state index contributed by atoms with van der Waals surface area (Å²) in [7, 11) is 0. The minimum absolute atomic E-state index is 0.0975. The Morgan fingerprint density at radius 2 is 1.78 bits per heavy atom. The van der Waals surface area contributed by atoms with E-state index in [-0.39, 0.29) is 13.0 Å². The number of halogens is 3. The Morgan fingerprint density at radius 1 is 1.17 bits per heavy atom. The molecule has 23 heavy (non-hydrogen) atoms. The monoisotopic (exact) mass is 335 g/mol. The Hall–Kier alpha value is -2.39. The Balaban J connectivity index is 3.83. The quantitative estimate of drug-likeness (QED) is 0.592. The van der Waals surface area contributed by atoms with E-state index in [9.17, 15) is 33.4 Å². The molecular weight excluding hydrogens is 319 g/mol. The SMILES string of the molecule is CCCCc1c(C(F)(F)F)cc([N+](=O)[O-])c(NCC)c1[N+](=O)[O-]. The largest absolute Gasteiger partial charge is 0.417 e. The van der Waals surface area contributed by atoms with Gasteiger partial charge in [0.2, 0.25) is 0 Å². The van der Waals surface area contributed by atoms with E-state index in [0.29, 0.717) is 18.9 Å². The molecule has 0 heterocycles. The summed E-state index contributed by atoms with van der Waals surface area (Å²) < 4.78 is 39.6. The lowest BCUT2D eigenvalue weighted by Crippen LogP contribution is -2.15. The molecule has 1 aromatic rings. The molecule has 0 radical (unpaired) electrons. The van der Waals surface area contributed by atoms with E-state index in [1.807, 2.05) is 0 Å².